The van der Waals surface area contributed by atoms with Gasteiger partial charge in [0, 0.05) is 18.5 Å². The molecule has 0 aromatic heterocycles. The summed E-state index contributed by atoms with van der Waals surface area (Å²) in [5, 5.41) is 1.45. The lowest BCUT2D eigenvalue weighted by atomic mass is 10.2. The van der Waals surface area contributed by atoms with Crippen molar-refractivity contribution in [3.63, 3.8) is 0 Å². The molecule has 1 atom stereocenters. The monoisotopic (exact) mass is 300 g/mol. The van der Waals surface area contributed by atoms with Crippen LogP contribution in [0.15, 0.2) is 18.2 Å². The Morgan fingerprint density at radius 2 is 2.10 bits per heavy atom. The Bertz CT molecular complexity index is 584. The third-order valence-electron chi connectivity index (χ3n) is 3.00. The highest BCUT2D eigenvalue weighted by Gasteiger charge is 2.27. The highest BCUT2D eigenvalue weighted by atomic mass is 32.2. The molecule has 1 aromatic carbocycles. The van der Waals surface area contributed by atoms with Crippen molar-refractivity contribution in [3.05, 3.63) is 23.8 Å². The quantitative estimate of drug-likeness (QED) is 0.763. The molecule has 6 nitrogen and oxygen atoms in total. The van der Waals surface area contributed by atoms with Gasteiger partial charge in [0.1, 0.15) is 5.25 Å². The molecule has 0 saturated heterocycles. The Hall–Kier alpha value is -1.60. The van der Waals surface area contributed by atoms with Crippen LogP contribution < -0.4 is 11.1 Å². The molecule has 0 aliphatic carbocycles. The number of hydrogen-bond acceptors (Lipinski definition) is 5. The maximum atomic E-state index is 12.0. The van der Waals surface area contributed by atoms with Crippen molar-refractivity contribution in [1.82, 2.24) is 0 Å². The molecule has 0 heterocycles. The van der Waals surface area contributed by atoms with Crippen LogP contribution in [0.5, 0.6) is 0 Å². The fourth-order valence-electron chi connectivity index (χ4n) is 1.55. The zero-order valence-corrected chi connectivity index (χ0v) is 12.7. The summed E-state index contributed by atoms with van der Waals surface area (Å²) in [7, 11) is -2.12. The first-order valence-corrected chi connectivity index (χ1v) is 7.87. The van der Waals surface area contributed by atoms with Gasteiger partial charge in [-0.15, -0.1) is 0 Å². The summed E-state index contributed by atoms with van der Waals surface area (Å²) in [4.78, 5) is 12.0. The van der Waals surface area contributed by atoms with E-state index in [1.165, 1.54) is 14.0 Å². The van der Waals surface area contributed by atoms with Gasteiger partial charge in [0.2, 0.25) is 5.91 Å². The first-order valence-electron chi connectivity index (χ1n) is 6.15. The first-order chi connectivity index (χ1) is 9.27. The average Bonchev–Trinajstić information content (AvgIpc) is 2.39. The number of nitrogens with two attached hydrogens (primary N) is 1. The molecule has 3 N–H and O–H groups in total. The summed E-state index contributed by atoms with van der Waals surface area (Å²) in [6.07, 6.45) is 0. The first kappa shape index (κ1) is 16.5. The minimum atomic E-state index is -3.53. The van der Waals surface area contributed by atoms with Crippen LogP contribution >= 0.6 is 0 Å². The van der Waals surface area contributed by atoms with E-state index in [4.69, 9.17) is 10.5 Å². The summed E-state index contributed by atoms with van der Waals surface area (Å²) < 4.78 is 28.5. The van der Waals surface area contributed by atoms with Crippen LogP contribution in [-0.4, -0.2) is 39.0 Å². The molecule has 0 aliphatic rings. The number of methoxy groups -OCH3 is 1. The molecule has 7 heteroatoms. The molecule has 112 valence electrons. The second-order valence-corrected chi connectivity index (χ2v) is 7.01. The van der Waals surface area contributed by atoms with E-state index in [2.05, 4.69) is 5.32 Å². The Balaban J connectivity index is 2.83. The number of carbonyl (C=O) groups excluding carboxylic acids is 1. The van der Waals surface area contributed by atoms with Crippen LogP contribution in [0, 0.1) is 6.92 Å². The predicted molar refractivity (Wildman–Crippen MR) is 79.3 cm³/mol. The van der Waals surface area contributed by atoms with Crippen molar-refractivity contribution < 1.29 is 17.9 Å². The second kappa shape index (κ2) is 6.71. The highest BCUT2D eigenvalue weighted by molar-refractivity contribution is 7.92. The van der Waals surface area contributed by atoms with E-state index in [1.807, 2.05) is 0 Å². The van der Waals surface area contributed by atoms with E-state index >= 15 is 0 Å². The number of aryl methyl sites for hydroxylation is 1. The Labute approximate surface area is 119 Å². The number of ether oxygens (including phenoxy) is 1. The molecule has 0 bridgehead atoms. The summed E-state index contributed by atoms with van der Waals surface area (Å²) in [5.74, 6) is -0.761. The van der Waals surface area contributed by atoms with Crippen LogP contribution in [0.25, 0.3) is 0 Å². The minimum absolute atomic E-state index is 0.0667. The van der Waals surface area contributed by atoms with Crippen molar-refractivity contribution in [2.24, 2.45) is 0 Å². The maximum Gasteiger partial charge on any atom is 0.242 e. The van der Waals surface area contributed by atoms with Crippen molar-refractivity contribution in [2.75, 3.05) is 30.5 Å². The minimum Gasteiger partial charge on any atom is -0.399 e. The topological polar surface area (TPSA) is 98.5 Å². The maximum absolute atomic E-state index is 12.0. The Kier molecular flexibility index (Phi) is 5.52. The number of carbonyl (C=O) groups is 1. The molecule has 0 aliphatic heterocycles. The third kappa shape index (κ3) is 4.21. The number of sulfone groups is 1. The van der Waals surface area contributed by atoms with Crippen molar-refractivity contribution in [2.45, 2.75) is 19.1 Å². The molecule has 1 unspecified atom stereocenters. The molecule has 20 heavy (non-hydrogen) atoms. The Morgan fingerprint density at radius 3 is 2.70 bits per heavy atom. The number of nitrogen functional groups attached to an aromatic ring is 1. The zero-order chi connectivity index (χ0) is 15.3. The number of nitrogens with one attached hydrogen (secondary N) is 1. The smallest absolute Gasteiger partial charge is 0.242 e. The summed E-state index contributed by atoms with van der Waals surface area (Å²) in [5.41, 5.74) is 7.48. The molecule has 1 aromatic rings. The molecular weight excluding hydrogens is 280 g/mol. The van der Waals surface area contributed by atoms with Gasteiger partial charge in [-0.2, -0.15) is 0 Å². The van der Waals surface area contributed by atoms with Crippen molar-refractivity contribution in [3.8, 4) is 0 Å². The summed E-state index contributed by atoms with van der Waals surface area (Å²) in [6.45, 7) is 3.23. The molecule has 1 amide bonds. The average molecular weight is 300 g/mol. The summed E-state index contributed by atoms with van der Waals surface area (Å²) in [6, 6.07) is 5.07. The molecule has 0 spiro atoms. The van der Waals surface area contributed by atoms with Gasteiger partial charge >= 0.3 is 0 Å². The lowest BCUT2D eigenvalue weighted by Crippen LogP contribution is -2.35. The number of rotatable bonds is 6. The zero-order valence-electron chi connectivity index (χ0n) is 11.8. The molecular formula is C13H20N2O4S. The number of hydrogen-bond donors (Lipinski definition) is 2. The van der Waals surface area contributed by atoms with Gasteiger partial charge in [-0.25, -0.2) is 8.42 Å². The second-order valence-electron chi connectivity index (χ2n) is 4.57. The van der Waals surface area contributed by atoms with Crippen molar-refractivity contribution >= 4 is 27.1 Å². The van der Waals surface area contributed by atoms with Crippen LogP contribution in [0.3, 0.4) is 0 Å². The van der Waals surface area contributed by atoms with E-state index in [0.717, 1.165) is 5.56 Å². The van der Waals surface area contributed by atoms with Gasteiger partial charge in [0.05, 0.1) is 12.4 Å². The lowest BCUT2D eigenvalue weighted by molar-refractivity contribution is -0.115. The van der Waals surface area contributed by atoms with E-state index in [9.17, 15) is 13.2 Å². The van der Waals surface area contributed by atoms with E-state index < -0.39 is 21.0 Å². The van der Waals surface area contributed by atoms with Crippen LogP contribution in [0.4, 0.5) is 11.4 Å². The number of amides is 1. The predicted octanol–water partition coefficient (Wildman–Crippen LogP) is 0.965. The van der Waals surface area contributed by atoms with Crippen LogP contribution in [0.1, 0.15) is 12.5 Å². The molecule has 1 rings (SSSR count). The fourth-order valence-corrected chi connectivity index (χ4v) is 2.69. The largest absolute Gasteiger partial charge is 0.399 e. The standard InChI is InChI=1S/C13H20N2O4S/c1-9-4-5-11(14)8-12(9)15-13(16)10(2)20(17,18)7-6-19-3/h4-5,8,10H,6-7,14H2,1-3H3,(H,15,16). The highest BCUT2D eigenvalue weighted by Crippen LogP contribution is 2.19. The Morgan fingerprint density at radius 1 is 1.45 bits per heavy atom. The SMILES string of the molecule is COCCS(=O)(=O)C(C)C(=O)Nc1cc(N)ccc1C. The normalized spacial score (nSPS) is 12.9. The van der Waals surface area contributed by atoms with Gasteiger partial charge in [0.25, 0.3) is 0 Å². The third-order valence-corrected chi connectivity index (χ3v) is 5.03. The van der Waals surface area contributed by atoms with Crippen LogP contribution in [0.2, 0.25) is 0 Å². The van der Waals surface area contributed by atoms with Gasteiger partial charge in [-0.05, 0) is 31.5 Å². The molecule has 0 fully saturated rings. The van der Waals surface area contributed by atoms with Crippen LogP contribution in [-0.2, 0) is 19.4 Å². The van der Waals surface area contributed by atoms with E-state index in [0.29, 0.717) is 11.4 Å². The number of benzene rings is 1. The van der Waals surface area contributed by atoms with Gasteiger partial charge in [-0.1, -0.05) is 6.07 Å². The fraction of sp³-hybridized carbons (Fsp3) is 0.462. The summed E-state index contributed by atoms with van der Waals surface area (Å²) >= 11 is 0. The van der Waals surface area contributed by atoms with Gasteiger partial charge in [0.15, 0.2) is 9.84 Å². The van der Waals surface area contributed by atoms with Crippen molar-refractivity contribution in [1.29, 1.82) is 0 Å². The molecule has 0 saturated carbocycles. The van der Waals surface area contributed by atoms with E-state index in [1.54, 1.807) is 25.1 Å². The lowest BCUT2D eigenvalue weighted by Gasteiger charge is -2.14. The van der Waals surface area contributed by atoms with Gasteiger partial charge in [-0.3, -0.25) is 4.79 Å². The van der Waals surface area contributed by atoms with E-state index in [-0.39, 0.29) is 12.4 Å². The number of anilines is 2. The van der Waals surface area contributed by atoms with Gasteiger partial charge < -0.3 is 15.8 Å². The molecule has 0 radical (unpaired) electrons.